The van der Waals surface area contributed by atoms with Crippen molar-refractivity contribution in [3.8, 4) is 11.5 Å². The lowest BCUT2D eigenvalue weighted by Crippen LogP contribution is -2.23. The SMILES string of the molecule is CC(Oc1cccnc1Nc1cnn(C)c1)c1cccc(C(=O)NCc2ccc(OC(F)(F)F)cc2)c1. The van der Waals surface area contributed by atoms with Crippen LogP contribution in [0.2, 0.25) is 0 Å². The standard InChI is InChI=1S/C26H24F3N5O3/c1-17(36-23-7-4-12-30-24(23)33-21-15-32-34(2)16-21)19-5-3-6-20(13-19)25(35)31-14-18-8-10-22(11-9-18)37-26(27,28)29/h3-13,15-17H,14H2,1-2H3,(H,30,33)(H,31,35). The van der Waals surface area contributed by atoms with E-state index in [1.807, 2.05) is 26.2 Å². The van der Waals surface area contributed by atoms with Gasteiger partial charge in [0, 0.05) is 31.5 Å². The molecule has 0 aliphatic rings. The molecule has 2 N–H and O–H groups in total. The van der Waals surface area contributed by atoms with E-state index in [-0.39, 0.29) is 18.2 Å². The number of hydrogen-bond donors (Lipinski definition) is 2. The summed E-state index contributed by atoms with van der Waals surface area (Å²) in [5.74, 6) is 0.413. The summed E-state index contributed by atoms with van der Waals surface area (Å²) in [4.78, 5) is 17.1. The first-order chi connectivity index (χ1) is 17.7. The number of ether oxygens (including phenoxy) is 2. The van der Waals surface area contributed by atoms with Gasteiger partial charge in [0.15, 0.2) is 11.6 Å². The van der Waals surface area contributed by atoms with E-state index >= 15 is 0 Å². The van der Waals surface area contributed by atoms with Crippen molar-refractivity contribution in [1.82, 2.24) is 20.1 Å². The largest absolute Gasteiger partial charge is 0.573 e. The van der Waals surface area contributed by atoms with Crippen LogP contribution in [0.4, 0.5) is 24.7 Å². The van der Waals surface area contributed by atoms with Crippen molar-refractivity contribution in [3.05, 3.63) is 95.9 Å². The highest BCUT2D eigenvalue weighted by Crippen LogP contribution is 2.29. The topological polar surface area (TPSA) is 90.3 Å². The zero-order chi connectivity index (χ0) is 26.4. The molecule has 0 fully saturated rings. The molecule has 0 bridgehead atoms. The third-order valence-corrected chi connectivity index (χ3v) is 5.27. The monoisotopic (exact) mass is 511 g/mol. The van der Waals surface area contributed by atoms with Crippen molar-refractivity contribution >= 4 is 17.4 Å². The van der Waals surface area contributed by atoms with Gasteiger partial charge in [0.2, 0.25) is 0 Å². The minimum absolute atomic E-state index is 0.139. The van der Waals surface area contributed by atoms with E-state index in [9.17, 15) is 18.0 Å². The molecule has 0 aliphatic heterocycles. The molecule has 0 saturated heterocycles. The van der Waals surface area contributed by atoms with Crippen LogP contribution >= 0.6 is 0 Å². The van der Waals surface area contributed by atoms with Gasteiger partial charge < -0.3 is 20.1 Å². The average molecular weight is 512 g/mol. The highest BCUT2D eigenvalue weighted by molar-refractivity contribution is 5.94. The molecular weight excluding hydrogens is 487 g/mol. The molecule has 0 radical (unpaired) electrons. The molecular formula is C26H24F3N5O3. The number of aryl methyl sites for hydroxylation is 1. The van der Waals surface area contributed by atoms with Crippen molar-refractivity contribution < 1.29 is 27.4 Å². The number of carbonyl (C=O) groups is 1. The highest BCUT2D eigenvalue weighted by atomic mass is 19.4. The number of nitrogens with one attached hydrogen (secondary N) is 2. The number of halogens is 3. The van der Waals surface area contributed by atoms with E-state index < -0.39 is 12.5 Å². The Morgan fingerprint density at radius 1 is 1.11 bits per heavy atom. The lowest BCUT2D eigenvalue weighted by atomic mass is 10.1. The summed E-state index contributed by atoms with van der Waals surface area (Å²) in [5, 5.41) is 10.1. The molecule has 11 heteroatoms. The van der Waals surface area contributed by atoms with Crippen LogP contribution in [-0.2, 0) is 13.6 Å². The second-order valence-electron chi connectivity index (χ2n) is 8.14. The number of benzene rings is 2. The third kappa shape index (κ3) is 7.23. The van der Waals surface area contributed by atoms with Crippen LogP contribution in [0.25, 0.3) is 0 Å². The zero-order valence-corrected chi connectivity index (χ0v) is 20.0. The lowest BCUT2D eigenvalue weighted by molar-refractivity contribution is -0.274. The second kappa shape index (κ2) is 11.0. The highest BCUT2D eigenvalue weighted by Gasteiger charge is 2.30. The molecule has 2 heterocycles. The number of pyridine rings is 1. The first kappa shape index (κ1) is 25.5. The Hall–Kier alpha value is -4.54. The van der Waals surface area contributed by atoms with Gasteiger partial charge in [-0.1, -0.05) is 24.3 Å². The van der Waals surface area contributed by atoms with Crippen LogP contribution in [0.3, 0.4) is 0 Å². The van der Waals surface area contributed by atoms with Crippen molar-refractivity contribution in [2.75, 3.05) is 5.32 Å². The summed E-state index contributed by atoms with van der Waals surface area (Å²) >= 11 is 0. The smallest absolute Gasteiger partial charge is 0.482 e. The van der Waals surface area contributed by atoms with Crippen LogP contribution in [0.15, 0.2) is 79.3 Å². The fraction of sp³-hybridized carbons (Fsp3) is 0.192. The van der Waals surface area contributed by atoms with Gasteiger partial charge in [0.1, 0.15) is 11.9 Å². The minimum Gasteiger partial charge on any atom is -0.482 e. The Morgan fingerprint density at radius 2 is 1.89 bits per heavy atom. The minimum atomic E-state index is -4.75. The fourth-order valence-corrected chi connectivity index (χ4v) is 3.49. The Labute approximate surface area is 211 Å². The van der Waals surface area contributed by atoms with E-state index in [0.29, 0.717) is 22.7 Å². The van der Waals surface area contributed by atoms with Crippen molar-refractivity contribution in [2.45, 2.75) is 25.9 Å². The van der Waals surface area contributed by atoms with Crippen LogP contribution in [0.1, 0.15) is 34.5 Å². The molecule has 8 nitrogen and oxygen atoms in total. The molecule has 0 aliphatic carbocycles. The van der Waals surface area contributed by atoms with Crippen LogP contribution in [0, 0.1) is 0 Å². The molecule has 1 amide bonds. The summed E-state index contributed by atoms with van der Waals surface area (Å²) < 4.78 is 48.6. The molecule has 4 aromatic rings. The summed E-state index contributed by atoms with van der Waals surface area (Å²) in [5.41, 5.74) is 2.59. The summed E-state index contributed by atoms with van der Waals surface area (Å²) in [6.07, 6.45) is -0.00940. The van der Waals surface area contributed by atoms with Gasteiger partial charge in [0.25, 0.3) is 5.91 Å². The molecule has 192 valence electrons. The average Bonchev–Trinajstić information content (AvgIpc) is 3.28. The summed E-state index contributed by atoms with van der Waals surface area (Å²) in [6, 6.07) is 15.9. The molecule has 1 unspecified atom stereocenters. The molecule has 1 atom stereocenters. The van der Waals surface area contributed by atoms with Crippen molar-refractivity contribution in [1.29, 1.82) is 0 Å². The number of amides is 1. The lowest BCUT2D eigenvalue weighted by Gasteiger charge is -2.18. The predicted molar refractivity (Wildman–Crippen MR) is 131 cm³/mol. The Kier molecular flexibility index (Phi) is 7.61. The van der Waals surface area contributed by atoms with Gasteiger partial charge in [-0.05, 0) is 54.4 Å². The van der Waals surface area contributed by atoms with Crippen LogP contribution in [0.5, 0.6) is 11.5 Å². The van der Waals surface area contributed by atoms with E-state index in [1.165, 1.54) is 24.3 Å². The molecule has 2 aromatic carbocycles. The maximum absolute atomic E-state index is 12.7. The maximum atomic E-state index is 12.7. The normalized spacial score (nSPS) is 12.0. The molecule has 2 aromatic heterocycles. The Balaban J connectivity index is 1.38. The Bertz CT molecular complexity index is 1360. The van der Waals surface area contributed by atoms with E-state index in [4.69, 9.17) is 4.74 Å². The number of alkyl halides is 3. The zero-order valence-electron chi connectivity index (χ0n) is 20.0. The quantitative estimate of drug-likeness (QED) is 0.307. The first-order valence-electron chi connectivity index (χ1n) is 11.3. The van der Waals surface area contributed by atoms with Crippen molar-refractivity contribution in [3.63, 3.8) is 0 Å². The van der Waals surface area contributed by atoms with Gasteiger partial charge in [-0.15, -0.1) is 13.2 Å². The number of hydrogen-bond acceptors (Lipinski definition) is 6. The van der Waals surface area contributed by atoms with Gasteiger partial charge >= 0.3 is 6.36 Å². The third-order valence-electron chi connectivity index (χ3n) is 5.27. The van der Waals surface area contributed by atoms with E-state index in [2.05, 4.69) is 25.5 Å². The van der Waals surface area contributed by atoms with Gasteiger partial charge in [-0.2, -0.15) is 5.10 Å². The van der Waals surface area contributed by atoms with E-state index in [0.717, 1.165) is 11.3 Å². The molecule has 4 rings (SSSR count). The predicted octanol–water partition coefficient (Wildman–Crippen LogP) is 5.53. The first-order valence-corrected chi connectivity index (χ1v) is 11.3. The second-order valence-corrected chi connectivity index (χ2v) is 8.14. The van der Waals surface area contributed by atoms with Crippen LogP contribution < -0.4 is 20.1 Å². The number of nitrogens with zero attached hydrogens (tertiary/aromatic N) is 3. The maximum Gasteiger partial charge on any atom is 0.573 e. The van der Waals surface area contributed by atoms with Crippen molar-refractivity contribution in [2.24, 2.45) is 7.05 Å². The van der Waals surface area contributed by atoms with Gasteiger partial charge in [-0.3, -0.25) is 9.48 Å². The molecule has 0 spiro atoms. The molecule has 0 saturated carbocycles. The van der Waals surface area contributed by atoms with Gasteiger partial charge in [-0.25, -0.2) is 4.98 Å². The number of rotatable bonds is 9. The molecule has 37 heavy (non-hydrogen) atoms. The number of aromatic nitrogens is 3. The fourth-order valence-electron chi connectivity index (χ4n) is 3.49. The van der Waals surface area contributed by atoms with E-state index in [1.54, 1.807) is 47.4 Å². The summed E-state index contributed by atoms with van der Waals surface area (Å²) in [7, 11) is 1.81. The van der Waals surface area contributed by atoms with Gasteiger partial charge in [0.05, 0.1) is 11.9 Å². The van der Waals surface area contributed by atoms with Crippen LogP contribution in [-0.4, -0.2) is 27.0 Å². The number of anilines is 2. The summed E-state index contributed by atoms with van der Waals surface area (Å²) in [6.45, 7) is 2.00. The Morgan fingerprint density at radius 3 is 2.59 bits per heavy atom. The number of carbonyl (C=O) groups excluding carboxylic acids is 1.